The van der Waals surface area contributed by atoms with Crippen molar-refractivity contribution in [3.8, 4) is 0 Å². The predicted molar refractivity (Wildman–Crippen MR) is 82.9 cm³/mol. The molecule has 1 N–H and O–H groups in total. The van der Waals surface area contributed by atoms with E-state index in [1.807, 2.05) is 11.0 Å². The number of rotatable bonds is 5. The van der Waals surface area contributed by atoms with Gasteiger partial charge < -0.3 is 14.7 Å². The van der Waals surface area contributed by atoms with Crippen LogP contribution in [-0.2, 0) is 16.0 Å². The molecular formula is C17H23NO4. The monoisotopic (exact) mass is 305 g/mol. The minimum atomic E-state index is -0.910. The van der Waals surface area contributed by atoms with Gasteiger partial charge in [-0.3, -0.25) is 4.79 Å². The van der Waals surface area contributed by atoms with Crippen LogP contribution in [0.3, 0.4) is 0 Å². The summed E-state index contributed by atoms with van der Waals surface area (Å²) in [5.41, 5.74) is 0.520. The van der Waals surface area contributed by atoms with Crippen LogP contribution < -0.4 is 0 Å². The molecule has 1 fully saturated rings. The van der Waals surface area contributed by atoms with Crippen molar-refractivity contribution in [2.45, 2.75) is 32.3 Å². The second-order valence-corrected chi connectivity index (χ2v) is 6.33. The lowest BCUT2D eigenvalue weighted by molar-refractivity contribution is -0.150. The van der Waals surface area contributed by atoms with Gasteiger partial charge in [-0.1, -0.05) is 12.1 Å². The van der Waals surface area contributed by atoms with Crippen molar-refractivity contribution in [2.24, 2.45) is 5.92 Å². The molecule has 1 aromatic rings. The average Bonchev–Trinajstić information content (AvgIpc) is 2.95. The molecule has 5 nitrogen and oxygen atoms in total. The molecule has 1 aliphatic rings. The minimum absolute atomic E-state index is 0.0109. The number of aromatic carboxylic acids is 1. The maximum absolute atomic E-state index is 12.4. The van der Waals surface area contributed by atoms with Crippen LogP contribution in [0.2, 0.25) is 0 Å². The minimum Gasteiger partial charge on any atom is -0.478 e. The molecule has 0 radical (unpaired) electrons. The van der Waals surface area contributed by atoms with Gasteiger partial charge in [0.15, 0.2) is 0 Å². The van der Waals surface area contributed by atoms with Gasteiger partial charge in [0.1, 0.15) is 5.60 Å². The fraction of sp³-hybridized carbons (Fsp3) is 0.529. The molecular weight excluding hydrogens is 282 g/mol. The van der Waals surface area contributed by atoms with Gasteiger partial charge in [0, 0.05) is 20.2 Å². The molecule has 1 aromatic carbocycles. The first-order valence-electron chi connectivity index (χ1n) is 7.50. The Labute approximate surface area is 130 Å². The molecule has 1 heterocycles. The van der Waals surface area contributed by atoms with Gasteiger partial charge in [-0.25, -0.2) is 4.79 Å². The molecule has 0 aliphatic carbocycles. The van der Waals surface area contributed by atoms with Crippen molar-refractivity contribution in [1.29, 1.82) is 0 Å². The van der Waals surface area contributed by atoms with E-state index in [1.54, 1.807) is 39.2 Å². The number of methoxy groups -OCH3 is 1. The summed E-state index contributed by atoms with van der Waals surface area (Å²) in [6.45, 7) is 4.98. The zero-order valence-corrected chi connectivity index (χ0v) is 13.3. The second-order valence-electron chi connectivity index (χ2n) is 6.33. The molecule has 0 spiro atoms. The third kappa shape index (κ3) is 3.65. The Kier molecular flexibility index (Phi) is 4.86. The Morgan fingerprint density at radius 1 is 1.41 bits per heavy atom. The van der Waals surface area contributed by atoms with E-state index in [-0.39, 0.29) is 5.91 Å². The van der Waals surface area contributed by atoms with E-state index >= 15 is 0 Å². The van der Waals surface area contributed by atoms with Gasteiger partial charge in [-0.15, -0.1) is 0 Å². The lowest BCUT2D eigenvalue weighted by atomic mass is 9.97. The fourth-order valence-electron chi connectivity index (χ4n) is 2.82. The summed E-state index contributed by atoms with van der Waals surface area (Å²) in [5.74, 6) is -0.538. The van der Waals surface area contributed by atoms with E-state index in [0.717, 1.165) is 24.9 Å². The van der Waals surface area contributed by atoms with Crippen molar-refractivity contribution in [3.63, 3.8) is 0 Å². The lowest BCUT2D eigenvalue weighted by Crippen LogP contribution is -2.45. The lowest BCUT2D eigenvalue weighted by Gasteiger charge is -2.28. The maximum atomic E-state index is 12.4. The second kappa shape index (κ2) is 6.48. The van der Waals surface area contributed by atoms with Crippen molar-refractivity contribution < 1.29 is 19.4 Å². The van der Waals surface area contributed by atoms with Crippen molar-refractivity contribution >= 4 is 11.9 Å². The zero-order valence-electron chi connectivity index (χ0n) is 13.3. The van der Waals surface area contributed by atoms with Gasteiger partial charge in [0.25, 0.3) is 5.91 Å². The summed E-state index contributed by atoms with van der Waals surface area (Å²) >= 11 is 0. The topological polar surface area (TPSA) is 66.8 Å². The number of carboxylic acids is 1. The maximum Gasteiger partial charge on any atom is 0.335 e. The zero-order chi connectivity index (χ0) is 16.3. The van der Waals surface area contributed by atoms with Crippen LogP contribution in [0.15, 0.2) is 24.3 Å². The van der Waals surface area contributed by atoms with Gasteiger partial charge >= 0.3 is 5.97 Å². The molecule has 0 aromatic heterocycles. The highest BCUT2D eigenvalue weighted by Crippen LogP contribution is 2.24. The number of benzene rings is 1. The van der Waals surface area contributed by atoms with E-state index in [9.17, 15) is 9.59 Å². The van der Waals surface area contributed by atoms with Gasteiger partial charge in [-0.2, -0.15) is 0 Å². The number of hydrogen-bond acceptors (Lipinski definition) is 3. The summed E-state index contributed by atoms with van der Waals surface area (Å²) in [4.78, 5) is 25.2. The molecule has 1 aliphatic heterocycles. The standard InChI is InChI=1S/C17H23NO4/c1-17(2,22-3)16(21)18-8-7-13(11-18)9-12-5-4-6-14(10-12)15(19)20/h4-6,10,13H,7-9,11H2,1-3H3,(H,19,20). The number of carboxylic acid groups (broad SMARTS) is 1. The summed E-state index contributed by atoms with van der Waals surface area (Å²) < 4.78 is 5.25. The van der Waals surface area contributed by atoms with Crippen LogP contribution in [0.4, 0.5) is 0 Å². The molecule has 22 heavy (non-hydrogen) atoms. The number of nitrogens with zero attached hydrogens (tertiary/aromatic N) is 1. The number of hydrogen-bond donors (Lipinski definition) is 1. The fourth-order valence-corrected chi connectivity index (χ4v) is 2.82. The van der Waals surface area contributed by atoms with E-state index < -0.39 is 11.6 Å². The summed E-state index contributed by atoms with van der Waals surface area (Å²) in [7, 11) is 1.54. The van der Waals surface area contributed by atoms with Crippen LogP contribution >= 0.6 is 0 Å². The Balaban J connectivity index is 1.98. The molecule has 0 saturated carbocycles. The van der Waals surface area contributed by atoms with Crippen LogP contribution in [0.25, 0.3) is 0 Å². The van der Waals surface area contributed by atoms with Crippen molar-refractivity contribution in [2.75, 3.05) is 20.2 Å². The SMILES string of the molecule is COC(C)(C)C(=O)N1CCC(Cc2cccc(C(=O)O)c2)C1. The summed E-state index contributed by atoms with van der Waals surface area (Å²) in [6.07, 6.45) is 1.72. The molecule has 1 unspecified atom stereocenters. The Morgan fingerprint density at radius 2 is 2.14 bits per heavy atom. The summed E-state index contributed by atoms with van der Waals surface area (Å²) in [5, 5.41) is 9.03. The Hall–Kier alpha value is -1.88. The van der Waals surface area contributed by atoms with E-state index in [1.165, 1.54) is 0 Å². The first-order chi connectivity index (χ1) is 10.3. The van der Waals surface area contributed by atoms with Gasteiger partial charge in [0.05, 0.1) is 5.56 Å². The third-order valence-electron chi connectivity index (χ3n) is 4.30. The van der Waals surface area contributed by atoms with Crippen LogP contribution in [0, 0.1) is 5.92 Å². The number of carbonyl (C=O) groups is 2. The number of amides is 1. The smallest absolute Gasteiger partial charge is 0.335 e. The normalized spacial score (nSPS) is 18.5. The predicted octanol–water partition coefficient (Wildman–Crippen LogP) is 2.20. The number of likely N-dealkylation sites (tertiary alicyclic amines) is 1. The van der Waals surface area contributed by atoms with E-state index in [4.69, 9.17) is 9.84 Å². The summed E-state index contributed by atoms with van der Waals surface area (Å²) in [6, 6.07) is 7.02. The van der Waals surface area contributed by atoms with Crippen LogP contribution in [0.5, 0.6) is 0 Å². The molecule has 1 saturated heterocycles. The van der Waals surface area contributed by atoms with Crippen LogP contribution in [-0.4, -0.2) is 47.7 Å². The third-order valence-corrected chi connectivity index (χ3v) is 4.30. The molecule has 0 bridgehead atoms. The largest absolute Gasteiger partial charge is 0.478 e. The van der Waals surface area contributed by atoms with E-state index in [0.29, 0.717) is 18.0 Å². The van der Waals surface area contributed by atoms with E-state index in [2.05, 4.69) is 0 Å². The van der Waals surface area contributed by atoms with Gasteiger partial charge in [-0.05, 0) is 50.3 Å². The quantitative estimate of drug-likeness (QED) is 0.905. The first-order valence-corrected chi connectivity index (χ1v) is 7.50. The molecule has 120 valence electrons. The molecule has 2 rings (SSSR count). The average molecular weight is 305 g/mol. The highest BCUT2D eigenvalue weighted by Gasteiger charge is 2.35. The highest BCUT2D eigenvalue weighted by molar-refractivity contribution is 5.87. The Morgan fingerprint density at radius 3 is 2.77 bits per heavy atom. The van der Waals surface area contributed by atoms with Crippen LogP contribution in [0.1, 0.15) is 36.2 Å². The Bertz CT molecular complexity index is 568. The van der Waals surface area contributed by atoms with Gasteiger partial charge in [0.2, 0.25) is 0 Å². The van der Waals surface area contributed by atoms with Crippen molar-refractivity contribution in [1.82, 2.24) is 4.90 Å². The number of ether oxygens (including phenoxy) is 1. The highest BCUT2D eigenvalue weighted by atomic mass is 16.5. The first kappa shape index (κ1) is 16.5. The molecule has 1 atom stereocenters. The molecule has 5 heteroatoms. The van der Waals surface area contributed by atoms with Crippen molar-refractivity contribution in [3.05, 3.63) is 35.4 Å². The molecule has 1 amide bonds. The number of carbonyl (C=O) groups excluding carboxylic acids is 1.